The topological polar surface area (TPSA) is 3.24 Å². The van der Waals surface area contributed by atoms with Gasteiger partial charge in [-0.2, -0.15) is 0 Å². The first-order valence-electron chi connectivity index (χ1n) is 9.35. The van der Waals surface area contributed by atoms with E-state index in [4.69, 9.17) is 0 Å². The average molecular weight is 400 g/mol. The van der Waals surface area contributed by atoms with Gasteiger partial charge in [-0.1, -0.05) is 0 Å². The molecule has 124 valence electrons. The predicted octanol–water partition coefficient (Wildman–Crippen LogP) is 6.11. The van der Waals surface area contributed by atoms with E-state index in [1.54, 1.807) is 0 Å². The molecule has 0 radical (unpaired) electrons. The van der Waals surface area contributed by atoms with Gasteiger partial charge in [0.15, 0.2) is 0 Å². The minimum atomic E-state index is -2.10. The molecule has 0 aliphatic heterocycles. The zero-order valence-corrected chi connectivity index (χ0v) is 19.0. The summed E-state index contributed by atoms with van der Waals surface area (Å²) in [5.41, 5.74) is 1.85. The third-order valence-corrected chi connectivity index (χ3v) is 10.3. The van der Waals surface area contributed by atoms with Crippen LogP contribution in [0.25, 0.3) is 0 Å². The number of allylic oxidation sites excluding steroid dienone is 1. The molecule has 0 aliphatic rings. The van der Waals surface area contributed by atoms with Crippen LogP contribution in [0.3, 0.4) is 0 Å². The normalized spacial score (nSPS) is 13.1. The maximum absolute atomic E-state index is 2.71. The summed E-state index contributed by atoms with van der Waals surface area (Å²) in [5, 5.41) is 0. The molecule has 0 spiro atoms. The van der Waals surface area contributed by atoms with Crippen LogP contribution in [-0.2, 0) is 0 Å². The number of rotatable bonds is 11. The molecule has 0 aliphatic carbocycles. The average Bonchev–Trinajstić information content (AvgIpc) is 2.41. The van der Waals surface area contributed by atoms with Crippen molar-refractivity contribution in [1.29, 1.82) is 0 Å². The van der Waals surface area contributed by atoms with Crippen LogP contribution in [0, 0.1) is 0 Å². The Hall–Kier alpha value is 0.404. The summed E-state index contributed by atoms with van der Waals surface area (Å²) in [4.78, 5) is 10.5. The second kappa shape index (κ2) is 11.0. The van der Waals surface area contributed by atoms with Gasteiger partial charge in [-0.15, -0.1) is 0 Å². The van der Waals surface area contributed by atoms with Crippen LogP contribution in [0.2, 0.25) is 27.5 Å². The Balaban J connectivity index is 5.90. The molecule has 0 rings (SSSR count). The molecular formula is C18H40BNSn. The summed E-state index contributed by atoms with van der Waals surface area (Å²) in [6, 6.07) is 0. The van der Waals surface area contributed by atoms with Crippen molar-refractivity contribution in [3.05, 3.63) is 9.19 Å². The number of hydrogen-bond donors (Lipinski definition) is 0. The summed E-state index contributed by atoms with van der Waals surface area (Å²) in [6.45, 7) is 14.9. The summed E-state index contributed by atoms with van der Waals surface area (Å²) >= 11 is -2.10. The molecule has 3 heteroatoms. The molecule has 0 N–H and O–H groups in total. The van der Waals surface area contributed by atoms with Crippen LogP contribution >= 0.6 is 0 Å². The first-order chi connectivity index (χ1) is 9.87. The number of hydrogen-bond acceptors (Lipinski definition) is 1. The molecule has 0 aromatic rings. The van der Waals surface area contributed by atoms with Crippen LogP contribution in [0.15, 0.2) is 9.19 Å². The summed E-state index contributed by atoms with van der Waals surface area (Å²) < 4.78 is 1.85. The second-order valence-corrected chi connectivity index (χ2v) is 21.5. The van der Waals surface area contributed by atoms with Crippen molar-refractivity contribution < 1.29 is 0 Å². The van der Waals surface area contributed by atoms with Gasteiger partial charge >= 0.3 is 140 Å². The minimum absolute atomic E-state index is 0.839. The third-order valence-electron chi connectivity index (χ3n) is 4.38. The van der Waals surface area contributed by atoms with E-state index in [-0.39, 0.29) is 0 Å². The van der Waals surface area contributed by atoms with Crippen molar-refractivity contribution in [3.63, 3.8) is 0 Å². The van der Waals surface area contributed by atoms with Gasteiger partial charge in [-0.25, -0.2) is 0 Å². The Bertz CT molecular complexity index is 297. The van der Waals surface area contributed by atoms with Crippen LogP contribution in [0.5, 0.6) is 0 Å². The van der Waals surface area contributed by atoms with Gasteiger partial charge in [0, 0.05) is 0 Å². The van der Waals surface area contributed by atoms with E-state index in [1.807, 2.05) is 9.19 Å². The van der Waals surface area contributed by atoms with E-state index < -0.39 is 18.4 Å². The Morgan fingerprint density at radius 3 is 1.57 bits per heavy atom. The Kier molecular flexibility index (Phi) is 11.2. The van der Waals surface area contributed by atoms with Crippen LogP contribution < -0.4 is 0 Å². The Morgan fingerprint density at radius 2 is 1.29 bits per heavy atom. The monoisotopic (exact) mass is 401 g/mol. The zero-order valence-electron chi connectivity index (χ0n) is 16.2. The molecule has 0 amide bonds. The molecular weight excluding hydrogens is 360 g/mol. The van der Waals surface area contributed by atoms with E-state index in [2.05, 4.69) is 54.3 Å². The molecule has 0 bridgehead atoms. The van der Waals surface area contributed by atoms with Gasteiger partial charge in [-0.3, -0.25) is 0 Å². The molecule has 0 heterocycles. The quantitative estimate of drug-likeness (QED) is 0.378. The van der Waals surface area contributed by atoms with Crippen molar-refractivity contribution in [2.24, 2.45) is 0 Å². The van der Waals surface area contributed by atoms with E-state index in [9.17, 15) is 0 Å². The van der Waals surface area contributed by atoms with Gasteiger partial charge in [0.05, 0.1) is 0 Å². The maximum atomic E-state index is 2.71. The van der Waals surface area contributed by atoms with Crippen molar-refractivity contribution in [2.75, 3.05) is 13.1 Å². The second-order valence-electron chi connectivity index (χ2n) is 7.32. The molecule has 0 aromatic carbocycles. The first-order valence-corrected chi connectivity index (χ1v) is 19.3. The van der Waals surface area contributed by atoms with Crippen LogP contribution in [0.4, 0.5) is 0 Å². The molecule has 0 atom stereocenters. The van der Waals surface area contributed by atoms with Crippen molar-refractivity contribution in [2.45, 2.75) is 87.8 Å². The molecule has 0 saturated carbocycles. The number of nitrogens with zero attached hydrogens (tertiary/aromatic N) is 1. The molecule has 0 aromatic heterocycles. The van der Waals surface area contributed by atoms with Crippen LogP contribution in [-0.4, -0.2) is 43.1 Å². The van der Waals surface area contributed by atoms with Gasteiger partial charge in [0.2, 0.25) is 0 Å². The summed E-state index contributed by atoms with van der Waals surface area (Å²) in [5.74, 6) is 0. The van der Waals surface area contributed by atoms with Crippen molar-refractivity contribution in [3.8, 4) is 0 Å². The van der Waals surface area contributed by atoms with Crippen LogP contribution in [0.1, 0.15) is 60.3 Å². The van der Waals surface area contributed by atoms with Gasteiger partial charge in [0.25, 0.3) is 0 Å². The zero-order chi connectivity index (χ0) is 16.5. The standard InChI is InChI=1S/C15H31BN.3CH3.Sn/c1-6-11-15(14-17(9-4)10-5)16(12-7-2)13-8-3;;;;/h6-13H2,1-5H3;3*1H3;. The van der Waals surface area contributed by atoms with Crippen molar-refractivity contribution >= 4 is 25.1 Å². The molecule has 0 unspecified atom stereocenters. The van der Waals surface area contributed by atoms with E-state index >= 15 is 0 Å². The third kappa shape index (κ3) is 7.01. The first kappa shape index (κ1) is 21.4. The van der Waals surface area contributed by atoms with E-state index in [0.29, 0.717) is 0 Å². The fraction of sp³-hybridized carbons (Fsp3) is 0.889. The predicted molar refractivity (Wildman–Crippen MR) is 104 cm³/mol. The van der Waals surface area contributed by atoms with Crippen molar-refractivity contribution in [1.82, 2.24) is 4.90 Å². The molecule has 1 nitrogen and oxygen atoms in total. The fourth-order valence-corrected chi connectivity index (χ4v) is 11.0. The molecule has 0 fully saturated rings. The van der Waals surface area contributed by atoms with E-state index in [1.165, 1.54) is 51.4 Å². The molecule has 21 heavy (non-hydrogen) atoms. The Morgan fingerprint density at radius 1 is 0.810 bits per heavy atom. The SMILES string of the molecule is CCCB(CCC)/C(CCC)=[C](/N(CC)CC)[Sn]([CH3])([CH3])[CH3]. The van der Waals surface area contributed by atoms with Gasteiger partial charge in [-0.05, 0) is 0 Å². The van der Waals surface area contributed by atoms with E-state index in [0.717, 1.165) is 6.71 Å². The van der Waals surface area contributed by atoms with Gasteiger partial charge in [0.1, 0.15) is 0 Å². The summed E-state index contributed by atoms with van der Waals surface area (Å²) in [6.07, 6.45) is 8.04. The summed E-state index contributed by atoms with van der Waals surface area (Å²) in [7, 11) is 0. The Labute approximate surface area is 139 Å². The van der Waals surface area contributed by atoms with Gasteiger partial charge < -0.3 is 0 Å². The fourth-order valence-electron chi connectivity index (χ4n) is 3.67. The molecule has 0 saturated heterocycles.